The smallest absolute Gasteiger partial charge is 0.233 e. The van der Waals surface area contributed by atoms with Crippen LogP contribution in [0.4, 0.5) is 0 Å². The molecule has 0 radical (unpaired) electrons. The number of carbonyl (C=O) groups excluding carboxylic acids is 1. The van der Waals surface area contributed by atoms with Gasteiger partial charge in [0.25, 0.3) is 0 Å². The lowest BCUT2D eigenvalue weighted by Gasteiger charge is -2.45. The first-order chi connectivity index (χ1) is 8.12. The molecule has 0 aliphatic heterocycles. The van der Waals surface area contributed by atoms with Gasteiger partial charge in [0.05, 0.1) is 10.4 Å². The summed E-state index contributed by atoms with van der Waals surface area (Å²) in [4.78, 5) is 14.7. The summed E-state index contributed by atoms with van der Waals surface area (Å²) in [6.07, 6.45) is 1.55. The fourth-order valence-corrected chi connectivity index (χ4v) is 2.51. The van der Waals surface area contributed by atoms with Crippen molar-refractivity contribution in [1.82, 2.24) is 10.2 Å². The van der Waals surface area contributed by atoms with Crippen molar-refractivity contribution < 1.29 is 4.79 Å². The Labute approximate surface area is 115 Å². The lowest BCUT2D eigenvalue weighted by atomic mass is 9.62. The van der Waals surface area contributed by atoms with Crippen molar-refractivity contribution in [3.05, 3.63) is 0 Å². The average molecular weight is 271 g/mol. The van der Waals surface area contributed by atoms with Gasteiger partial charge in [0.1, 0.15) is 0 Å². The van der Waals surface area contributed by atoms with Crippen LogP contribution in [0.2, 0.25) is 0 Å². The second-order valence-electron chi connectivity index (χ2n) is 6.35. The van der Waals surface area contributed by atoms with Gasteiger partial charge in [-0.05, 0) is 46.7 Å². The van der Waals surface area contributed by atoms with Crippen LogP contribution in [0.3, 0.4) is 0 Å². The van der Waals surface area contributed by atoms with Crippen LogP contribution in [0, 0.1) is 11.3 Å². The van der Waals surface area contributed by atoms with Gasteiger partial charge in [0.15, 0.2) is 0 Å². The summed E-state index contributed by atoms with van der Waals surface area (Å²) in [5.41, 5.74) is 5.07. The maximum atomic E-state index is 12.3. The summed E-state index contributed by atoms with van der Waals surface area (Å²) in [7, 11) is 4.00. The van der Waals surface area contributed by atoms with Gasteiger partial charge in [-0.25, -0.2) is 0 Å². The van der Waals surface area contributed by atoms with Crippen LogP contribution < -0.4 is 11.1 Å². The Bertz CT molecular complexity index is 346. The van der Waals surface area contributed by atoms with E-state index in [-0.39, 0.29) is 11.4 Å². The molecule has 1 amide bonds. The number of nitrogens with two attached hydrogens (primary N) is 1. The number of hydrogen-bond donors (Lipinski definition) is 2. The van der Waals surface area contributed by atoms with Gasteiger partial charge >= 0.3 is 0 Å². The molecule has 5 heteroatoms. The predicted molar refractivity (Wildman–Crippen MR) is 78.4 cm³/mol. The topological polar surface area (TPSA) is 58.4 Å². The number of thiocarbonyl (C=S) groups is 1. The number of amides is 1. The zero-order chi connectivity index (χ0) is 14.1. The quantitative estimate of drug-likeness (QED) is 0.736. The van der Waals surface area contributed by atoms with Crippen LogP contribution in [-0.2, 0) is 4.79 Å². The van der Waals surface area contributed by atoms with Crippen LogP contribution in [0.15, 0.2) is 0 Å². The molecule has 0 atom stereocenters. The van der Waals surface area contributed by atoms with Crippen molar-refractivity contribution >= 4 is 23.1 Å². The summed E-state index contributed by atoms with van der Waals surface area (Å²) in [6.45, 7) is 6.89. The lowest BCUT2D eigenvalue weighted by molar-refractivity contribution is -0.133. The first-order valence-electron chi connectivity index (χ1n) is 6.37. The van der Waals surface area contributed by atoms with E-state index in [9.17, 15) is 4.79 Å². The largest absolute Gasteiger partial charge is 0.392 e. The Hall–Kier alpha value is -0.680. The number of nitrogens with zero attached hydrogens (tertiary/aromatic N) is 1. The summed E-state index contributed by atoms with van der Waals surface area (Å²) in [5.74, 6) is 0.516. The molecule has 0 aromatic rings. The minimum Gasteiger partial charge on any atom is -0.392 e. The first kappa shape index (κ1) is 15.4. The molecule has 4 nitrogen and oxygen atoms in total. The number of likely N-dealkylation sites (N-methyl/N-ethyl adjacent to an activating group) is 1. The third-order valence-corrected chi connectivity index (χ3v) is 4.58. The molecule has 0 aromatic heterocycles. The van der Waals surface area contributed by atoms with E-state index in [1.807, 2.05) is 14.1 Å². The van der Waals surface area contributed by atoms with Crippen LogP contribution in [0.5, 0.6) is 0 Å². The SMILES string of the molecule is CC1CC(C(=O)NCC(C)(C)N(C)C)(C(N)=S)C1. The highest BCUT2D eigenvalue weighted by molar-refractivity contribution is 7.80. The third kappa shape index (κ3) is 2.83. The molecule has 0 saturated heterocycles. The highest BCUT2D eigenvalue weighted by Gasteiger charge is 2.50. The third-order valence-electron chi connectivity index (χ3n) is 4.19. The number of nitrogens with one attached hydrogen (secondary N) is 1. The Morgan fingerprint density at radius 2 is 2.00 bits per heavy atom. The van der Waals surface area contributed by atoms with Gasteiger partial charge in [-0.15, -0.1) is 0 Å². The van der Waals surface area contributed by atoms with Crippen molar-refractivity contribution in [2.75, 3.05) is 20.6 Å². The van der Waals surface area contributed by atoms with Gasteiger partial charge in [0.2, 0.25) is 5.91 Å². The van der Waals surface area contributed by atoms with Crippen molar-refractivity contribution in [1.29, 1.82) is 0 Å². The van der Waals surface area contributed by atoms with Crippen molar-refractivity contribution in [3.8, 4) is 0 Å². The molecule has 3 N–H and O–H groups in total. The molecule has 0 heterocycles. The van der Waals surface area contributed by atoms with Gasteiger partial charge in [0, 0.05) is 12.1 Å². The Morgan fingerprint density at radius 3 is 2.33 bits per heavy atom. The van der Waals surface area contributed by atoms with E-state index in [2.05, 4.69) is 31.0 Å². The molecule has 1 aliphatic carbocycles. The van der Waals surface area contributed by atoms with E-state index in [0.29, 0.717) is 17.5 Å². The van der Waals surface area contributed by atoms with Gasteiger partial charge in [-0.2, -0.15) is 0 Å². The van der Waals surface area contributed by atoms with Gasteiger partial charge in [-0.3, -0.25) is 4.79 Å². The number of rotatable bonds is 5. The minimum atomic E-state index is -0.600. The summed E-state index contributed by atoms with van der Waals surface area (Å²) in [6, 6.07) is 0. The molecule has 0 unspecified atom stereocenters. The molecule has 1 fully saturated rings. The zero-order valence-corrected chi connectivity index (χ0v) is 12.9. The monoisotopic (exact) mass is 271 g/mol. The number of hydrogen-bond acceptors (Lipinski definition) is 3. The molecule has 18 heavy (non-hydrogen) atoms. The maximum absolute atomic E-state index is 12.3. The summed E-state index contributed by atoms with van der Waals surface area (Å²) < 4.78 is 0. The number of carbonyl (C=O) groups is 1. The second-order valence-corrected chi connectivity index (χ2v) is 6.79. The summed E-state index contributed by atoms with van der Waals surface area (Å²) in [5, 5.41) is 3.00. The van der Waals surface area contributed by atoms with Gasteiger partial charge in [-0.1, -0.05) is 19.1 Å². The second kappa shape index (κ2) is 5.13. The Balaban J connectivity index is 2.63. The Kier molecular flexibility index (Phi) is 4.38. The van der Waals surface area contributed by atoms with E-state index < -0.39 is 5.41 Å². The maximum Gasteiger partial charge on any atom is 0.233 e. The standard InChI is InChI=1S/C13H25N3OS/c1-9-6-13(7-9,10(14)18)11(17)15-8-12(2,3)16(4)5/h9H,6-8H2,1-5H3,(H2,14,18)(H,15,17). The highest BCUT2D eigenvalue weighted by atomic mass is 32.1. The van der Waals surface area contributed by atoms with Crippen LogP contribution >= 0.6 is 12.2 Å². The molecule has 1 rings (SSSR count). The average Bonchev–Trinajstić information content (AvgIpc) is 2.20. The Morgan fingerprint density at radius 1 is 1.50 bits per heavy atom. The fourth-order valence-electron chi connectivity index (χ4n) is 2.25. The highest BCUT2D eigenvalue weighted by Crippen LogP contribution is 2.45. The van der Waals surface area contributed by atoms with Crippen LogP contribution in [-0.4, -0.2) is 42.0 Å². The van der Waals surface area contributed by atoms with E-state index >= 15 is 0 Å². The van der Waals surface area contributed by atoms with E-state index in [4.69, 9.17) is 18.0 Å². The molecule has 1 aliphatic rings. The molecule has 0 aromatic carbocycles. The van der Waals surface area contributed by atoms with E-state index in [1.54, 1.807) is 0 Å². The first-order valence-corrected chi connectivity index (χ1v) is 6.78. The van der Waals surface area contributed by atoms with Crippen molar-refractivity contribution in [2.45, 2.75) is 39.2 Å². The lowest BCUT2D eigenvalue weighted by Crippen LogP contribution is -2.58. The van der Waals surface area contributed by atoms with Crippen LogP contribution in [0.1, 0.15) is 33.6 Å². The van der Waals surface area contributed by atoms with Crippen LogP contribution in [0.25, 0.3) is 0 Å². The molecule has 104 valence electrons. The zero-order valence-electron chi connectivity index (χ0n) is 12.0. The molecule has 0 bridgehead atoms. The fraction of sp³-hybridized carbons (Fsp3) is 0.846. The molecular weight excluding hydrogens is 246 g/mol. The molecule has 0 spiro atoms. The van der Waals surface area contributed by atoms with Gasteiger partial charge < -0.3 is 16.0 Å². The normalized spacial score (nSPS) is 27.8. The van der Waals surface area contributed by atoms with Crippen molar-refractivity contribution in [2.24, 2.45) is 17.1 Å². The minimum absolute atomic E-state index is 0.0111. The predicted octanol–water partition coefficient (Wildman–Crippen LogP) is 1.15. The van der Waals surface area contributed by atoms with E-state index in [1.165, 1.54) is 0 Å². The van der Waals surface area contributed by atoms with Crippen molar-refractivity contribution in [3.63, 3.8) is 0 Å². The summed E-state index contributed by atoms with van der Waals surface area (Å²) >= 11 is 5.08. The molecular formula is C13H25N3OS. The van der Waals surface area contributed by atoms with E-state index in [0.717, 1.165) is 12.8 Å². The molecule has 1 saturated carbocycles.